The summed E-state index contributed by atoms with van der Waals surface area (Å²) in [7, 11) is 0. The normalized spacial score (nSPS) is 17.2. The molecule has 0 atom stereocenters. The van der Waals surface area contributed by atoms with Crippen molar-refractivity contribution < 1.29 is 9.72 Å². The average molecular weight is 365 g/mol. The van der Waals surface area contributed by atoms with E-state index < -0.39 is 4.92 Å². The standard InChI is InChI=1S/C19H15N3O3S/c1-13-9-11-15(12-10-13)20-19-21-18(23)17(26-19)8-4-6-14-5-2-3-7-16(14)22(24)25/h2-12H,1H3,(H,20,21,23)/b6-4+,17-8+. The second-order valence-electron chi connectivity index (χ2n) is 5.51. The first-order chi connectivity index (χ1) is 12.5. The number of nitro benzene ring substituents is 1. The molecule has 2 aromatic carbocycles. The predicted octanol–water partition coefficient (Wildman–Crippen LogP) is 4.35. The van der Waals surface area contributed by atoms with Gasteiger partial charge in [0.05, 0.1) is 21.1 Å². The van der Waals surface area contributed by atoms with Gasteiger partial charge in [0.1, 0.15) is 0 Å². The molecule has 0 bridgehead atoms. The van der Waals surface area contributed by atoms with Gasteiger partial charge in [0.15, 0.2) is 5.17 Å². The highest BCUT2D eigenvalue weighted by Crippen LogP contribution is 2.26. The van der Waals surface area contributed by atoms with E-state index in [0.29, 0.717) is 15.6 Å². The van der Waals surface area contributed by atoms with Crippen LogP contribution in [0.3, 0.4) is 0 Å². The molecule has 2 aromatic rings. The number of amidine groups is 1. The third kappa shape index (κ3) is 4.25. The van der Waals surface area contributed by atoms with Crippen molar-refractivity contribution in [2.75, 3.05) is 0 Å². The highest BCUT2D eigenvalue weighted by atomic mass is 32.2. The molecule has 0 aliphatic carbocycles. The van der Waals surface area contributed by atoms with Crippen molar-refractivity contribution in [3.8, 4) is 0 Å². The van der Waals surface area contributed by atoms with Crippen LogP contribution in [-0.2, 0) is 4.79 Å². The van der Waals surface area contributed by atoms with Crippen LogP contribution in [0.5, 0.6) is 0 Å². The van der Waals surface area contributed by atoms with Gasteiger partial charge in [0, 0.05) is 6.07 Å². The largest absolute Gasteiger partial charge is 0.300 e. The van der Waals surface area contributed by atoms with Crippen molar-refractivity contribution in [3.05, 3.63) is 86.8 Å². The third-order valence-electron chi connectivity index (χ3n) is 3.57. The molecule has 1 aliphatic rings. The Morgan fingerprint density at radius 3 is 2.62 bits per heavy atom. The monoisotopic (exact) mass is 365 g/mol. The fourth-order valence-corrected chi connectivity index (χ4v) is 3.06. The van der Waals surface area contributed by atoms with Crippen LogP contribution >= 0.6 is 11.8 Å². The fraction of sp³-hybridized carbons (Fsp3) is 0.0526. The van der Waals surface area contributed by atoms with Crippen molar-refractivity contribution in [1.82, 2.24) is 5.32 Å². The number of rotatable bonds is 4. The first-order valence-electron chi connectivity index (χ1n) is 7.79. The van der Waals surface area contributed by atoms with E-state index >= 15 is 0 Å². The number of carbonyl (C=O) groups is 1. The van der Waals surface area contributed by atoms with E-state index in [1.54, 1.807) is 36.4 Å². The molecular weight excluding hydrogens is 350 g/mol. The van der Waals surface area contributed by atoms with Crippen LogP contribution in [0.25, 0.3) is 6.08 Å². The summed E-state index contributed by atoms with van der Waals surface area (Å²) in [5, 5.41) is 14.2. The lowest BCUT2D eigenvalue weighted by atomic mass is 10.1. The first kappa shape index (κ1) is 17.6. The number of hydrogen-bond acceptors (Lipinski definition) is 5. The molecule has 0 spiro atoms. The molecule has 7 heteroatoms. The summed E-state index contributed by atoms with van der Waals surface area (Å²) in [6, 6.07) is 14.1. The van der Waals surface area contributed by atoms with Crippen LogP contribution in [-0.4, -0.2) is 16.0 Å². The predicted molar refractivity (Wildman–Crippen MR) is 104 cm³/mol. The third-order valence-corrected chi connectivity index (χ3v) is 4.50. The number of aryl methyl sites for hydroxylation is 1. The van der Waals surface area contributed by atoms with Gasteiger partial charge in [0.2, 0.25) is 0 Å². The molecule has 1 saturated heterocycles. The van der Waals surface area contributed by atoms with Crippen molar-refractivity contribution in [2.24, 2.45) is 4.99 Å². The molecule has 130 valence electrons. The van der Waals surface area contributed by atoms with Gasteiger partial charge < -0.3 is 5.32 Å². The van der Waals surface area contributed by atoms with Gasteiger partial charge in [-0.25, -0.2) is 4.99 Å². The van der Waals surface area contributed by atoms with E-state index in [1.807, 2.05) is 31.2 Å². The van der Waals surface area contributed by atoms with Crippen molar-refractivity contribution in [1.29, 1.82) is 0 Å². The average Bonchev–Trinajstić information content (AvgIpc) is 2.96. The maximum Gasteiger partial charge on any atom is 0.276 e. The zero-order chi connectivity index (χ0) is 18.5. The Labute approximate surface area is 154 Å². The van der Waals surface area contributed by atoms with E-state index in [2.05, 4.69) is 10.3 Å². The Balaban J connectivity index is 1.75. The van der Waals surface area contributed by atoms with Crippen LogP contribution in [0.2, 0.25) is 0 Å². The smallest absolute Gasteiger partial charge is 0.276 e. The number of nitrogens with one attached hydrogen (secondary N) is 1. The van der Waals surface area contributed by atoms with E-state index in [0.717, 1.165) is 11.3 Å². The van der Waals surface area contributed by atoms with E-state index in [4.69, 9.17) is 0 Å². The Hall–Kier alpha value is -3.19. The number of thioether (sulfide) groups is 1. The Kier molecular flexibility index (Phi) is 5.28. The first-order valence-corrected chi connectivity index (χ1v) is 8.61. The summed E-state index contributed by atoms with van der Waals surface area (Å²) in [5.41, 5.74) is 2.39. The zero-order valence-electron chi connectivity index (χ0n) is 13.9. The number of amides is 1. The summed E-state index contributed by atoms with van der Waals surface area (Å²) < 4.78 is 0. The molecule has 1 aliphatic heterocycles. The molecular formula is C19H15N3O3S. The summed E-state index contributed by atoms with van der Waals surface area (Å²) in [4.78, 5) is 27.5. The zero-order valence-corrected chi connectivity index (χ0v) is 14.7. The van der Waals surface area contributed by atoms with Crippen LogP contribution < -0.4 is 5.32 Å². The summed E-state index contributed by atoms with van der Waals surface area (Å²) in [6.45, 7) is 1.99. The number of hydrogen-bond donors (Lipinski definition) is 1. The van der Waals surface area contributed by atoms with E-state index in [-0.39, 0.29) is 11.6 Å². The minimum absolute atomic E-state index is 0.0206. The summed E-state index contributed by atoms with van der Waals surface area (Å²) in [5.74, 6) is -0.243. The Bertz CT molecular complexity index is 947. The number of nitrogens with zero attached hydrogens (tertiary/aromatic N) is 2. The molecule has 1 heterocycles. The van der Waals surface area contributed by atoms with Gasteiger partial charge in [-0.1, -0.05) is 35.9 Å². The fourth-order valence-electron chi connectivity index (χ4n) is 2.27. The SMILES string of the molecule is Cc1ccc(N=C2NC(=O)/C(=C\C=C\c3ccccc3[N+](=O)[O-])S2)cc1. The molecule has 26 heavy (non-hydrogen) atoms. The highest BCUT2D eigenvalue weighted by Gasteiger charge is 2.23. The molecule has 0 radical (unpaired) electrons. The highest BCUT2D eigenvalue weighted by molar-refractivity contribution is 8.18. The second kappa shape index (κ2) is 7.79. The number of nitro groups is 1. The van der Waals surface area contributed by atoms with Crippen LogP contribution in [0.4, 0.5) is 11.4 Å². The van der Waals surface area contributed by atoms with E-state index in [9.17, 15) is 14.9 Å². The van der Waals surface area contributed by atoms with Crippen LogP contribution in [0, 0.1) is 17.0 Å². The van der Waals surface area contributed by atoms with Crippen LogP contribution in [0.15, 0.2) is 70.6 Å². The molecule has 0 unspecified atom stereocenters. The number of para-hydroxylation sites is 1. The number of allylic oxidation sites excluding steroid dienone is 2. The maximum atomic E-state index is 12.0. The van der Waals surface area contributed by atoms with Gasteiger partial charge in [-0.05, 0) is 49.0 Å². The molecule has 6 nitrogen and oxygen atoms in total. The molecule has 3 rings (SSSR count). The van der Waals surface area contributed by atoms with Gasteiger partial charge in [-0.3, -0.25) is 14.9 Å². The van der Waals surface area contributed by atoms with Crippen LogP contribution in [0.1, 0.15) is 11.1 Å². The number of carbonyl (C=O) groups excluding carboxylic acids is 1. The van der Waals surface area contributed by atoms with Crippen molar-refractivity contribution in [2.45, 2.75) is 6.92 Å². The summed E-state index contributed by atoms with van der Waals surface area (Å²) >= 11 is 1.23. The van der Waals surface area contributed by atoms with Gasteiger partial charge >= 0.3 is 0 Å². The lowest BCUT2D eigenvalue weighted by Gasteiger charge is -1.96. The minimum atomic E-state index is -0.434. The maximum absolute atomic E-state index is 12.0. The molecule has 1 amide bonds. The lowest BCUT2D eigenvalue weighted by Crippen LogP contribution is -2.19. The second-order valence-corrected chi connectivity index (χ2v) is 6.55. The number of aliphatic imine (C=N–C) groups is 1. The molecule has 1 N–H and O–H groups in total. The minimum Gasteiger partial charge on any atom is -0.300 e. The van der Waals surface area contributed by atoms with Crippen molar-refractivity contribution >= 4 is 40.3 Å². The molecule has 0 saturated carbocycles. The van der Waals surface area contributed by atoms with E-state index in [1.165, 1.54) is 17.8 Å². The Morgan fingerprint density at radius 1 is 1.15 bits per heavy atom. The quantitative estimate of drug-likeness (QED) is 0.496. The van der Waals surface area contributed by atoms with Gasteiger partial charge in [0.25, 0.3) is 11.6 Å². The Morgan fingerprint density at radius 2 is 1.88 bits per heavy atom. The van der Waals surface area contributed by atoms with Crippen molar-refractivity contribution in [3.63, 3.8) is 0 Å². The van der Waals surface area contributed by atoms with Gasteiger partial charge in [-0.15, -0.1) is 0 Å². The molecule has 1 fully saturated rings. The lowest BCUT2D eigenvalue weighted by molar-refractivity contribution is -0.385. The topological polar surface area (TPSA) is 84.6 Å². The summed E-state index contributed by atoms with van der Waals surface area (Å²) in [6.07, 6.45) is 4.85. The number of benzene rings is 2. The molecule has 0 aromatic heterocycles. The van der Waals surface area contributed by atoms with Gasteiger partial charge in [-0.2, -0.15) is 0 Å².